The van der Waals surface area contributed by atoms with Gasteiger partial charge in [-0.05, 0) is 49.9 Å². The van der Waals surface area contributed by atoms with Crippen molar-refractivity contribution in [3.63, 3.8) is 0 Å². The Morgan fingerprint density at radius 2 is 1.69 bits per heavy atom. The molecule has 0 heterocycles. The van der Waals surface area contributed by atoms with Crippen molar-refractivity contribution in [3.8, 4) is 0 Å². The predicted molar refractivity (Wildman–Crippen MR) is 68.3 cm³/mol. The van der Waals surface area contributed by atoms with E-state index in [0.717, 1.165) is 30.6 Å². The summed E-state index contributed by atoms with van der Waals surface area (Å²) in [7, 11) is 0. The summed E-state index contributed by atoms with van der Waals surface area (Å²) in [6.07, 6.45) is 13.5. The van der Waals surface area contributed by atoms with Crippen LogP contribution in [0, 0.1) is 17.8 Å². The van der Waals surface area contributed by atoms with Gasteiger partial charge in [-0.25, -0.2) is 0 Å². The lowest BCUT2D eigenvalue weighted by Gasteiger charge is -2.37. The van der Waals surface area contributed by atoms with Crippen LogP contribution in [0.2, 0.25) is 0 Å². The van der Waals surface area contributed by atoms with E-state index in [-0.39, 0.29) is 6.10 Å². The summed E-state index contributed by atoms with van der Waals surface area (Å²) in [5.74, 6) is 2.82. The van der Waals surface area contributed by atoms with Gasteiger partial charge in [-0.2, -0.15) is 0 Å². The minimum atomic E-state index is 0.0205. The molecule has 2 atom stereocenters. The molecule has 2 fully saturated rings. The van der Waals surface area contributed by atoms with Gasteiger partial charge in [0.1, 0.15) is 0 Å². The molecule has 0 bridgehead atoms. The van der Waals surface area contributed by atoms with Crippen LogP contribution in [0.5, 0.6) is 0 Å². The first-order chi connectivity index (χ1) is 7.79. The number of rotatable bonds is 3. The third-order valence-electron chi connectivity index (χ3n) is 4.94. The van der Waals surface area contributed by atoms with Crippen LogP contribution in [0.15, 0.2) is 0 Å². The molecule has 1 nitrogen and oxygen atoms in total. The Bertz CT molecular complexity index is 194. The minimum Gasteiger partial charge on any atom is -0.393 e. The highest BCUT2D eigenvalue weighted by Gasteiger charge is 2.30. The normalized spacial score (nSPS) is 40.9. The van der Waals surface area contributed by atoms with E-state index in [1.54, 1.807) is 0 Å². The lowest BCUT2D eigenvalue weighted by atomic mass is 9.70. The van der Waals surface area contributed by atoms with Gasteiger partial charge < -0.3 is 5.11 Å². The van der Waals surface area contributed by atoms with Crippen LogP contribution in [0.25, 0.3) is 0 Å². The van der Waals surface area contributed by atoms with Crippen molar-refractivity contribution >= 4 is 0 Å². The maximum Gasteiger partial charge on any atom is 0.0543 e. The number of hydrogen-bond donors (Lipinski definition) is 1. The van der Waals surface area contributed by atoms with Gasteiger partial charge in [0.05, 0.1) is 6.10 Å². The first-order valence-corrected chi connectivity index (χ1v) is 7.47. The van der Waals surface area contributed by atoms with Crippen LogP contribution in [0.4, 0.5) is 0 Å². The summed E-state index contributed by atoms with van der Waals surface area (Å²) in [5, 5.41) is 9.75. The van der Waals surface area contributed by atoms with Gasteiger partial charge in [-0.1, -0.05) is 39.0 Å². The molecule has 0 aromatic heterocycles. The average Bonchev–Trinajstić information content (AvgIpc) is 2.30. The SMILES string of the molecule is CCCC1CCC(C2CCCC(O)C2)CC1. The first kappa shape index (κ1) is 12.4. The molecule has 2 aliphatic carbocycles. The van der Waals surface area contributed by atoms with E-state index in [2.05, 4.69) is 6.92 Å². The van der Waals surface area contributed by atoms with E-state index in [1.807, 2.05) is 0 Å². The zero-order valence-corrected chi connectivity index (χ0v) is 10.8. The highest BCUT2D eigenvalue weighted by atomic mass is 16.3. The molecule has 0 aromatic rings. The first-order valence-electron chi connectivity index (χ1n) is 7.47. The van der Waals surface area contributed by atoms with Crippen molar-refractivity contribution in [2.45, 2.75) is 77.2 Å². The summed E-state index contributed by atoms with van der Waals surface area (Å²) < 4.78 is 0. The molecular formula is C15H28O. The van der Waals surface area contributed by atoms with Crippen molar-refractivity contribution in [1.82, 2.24) is 0 Å². The Hall–Kier alpha value is -0.0400. The Morgan fingerprint density at radius 3 is 2.31 bits per heavy atom. The van der Waals surface area contributed by atoms with Crippen LogP contribution in [-0.2, 0) is 0 Å². The number of aliphatic hydroxyl groups is 1. The van der Waals surface area contributed by atoms with Gasteiger partial charge in [-0.15, -0.1) is 0 Å². The topological polar surface area (TPSA) is 20.2 Å². The highest BCUT2D eigenvalue weighted by molar-refractivity contribution is 4.82. The van der Waals surface area contributed by atoms with Crippen LogP contribution >= 0.6 is 0 Å². The van der Waals surface area contributed by atoms with Crippen LogP contribution < -0.4 is 0 Å². The van der Waals surface area contributed by atoms with Crippen LogP contribution in [-0.4, -0.2) is 11.2 Å². The third kappa shape index (κ3) is 3.23. The smallest absolute Gasteiger partial charge is 0.0543 e. The fourth-order valence-electron chi connectivity index (χ4n) is 3.99. The van der Waals surface area contributed by atoms with Gasteiger partial charge >= 0.3 is 0 Å². The standard InChI is InChI=1S/C15H28O/c1-2-4-12-7-9-13(10-8-12)14-5-3-6-15(16)11-14/h12-16H,2-11H2,1H3. The van der Waals surface area contributed by atoms with Gasteiger partial charge in [0.25, 0.3) is 0 Å². The molecule has 0 aliphatic heterocycles. The fraction of sp³-hybridized carbons (Fsp3) is 1.00. The molecule has 0 spiro atoms. The van der Waals surface area contributed by atoms with E-state index in [1.165, 1.54) is 51.4 Å². The van der Waals surface area contributed by atoms with Gasteiger partial charge in [0, 0.05) is 0 Å². The summed E-state index contributed by atoms with van der Waals surface area (Å²) in [4.78, 5) is 0. The quantitative estimate of drug-likeness (QED) is 0.763. The Morgan fingerprint density at radius 1 is 0.938 bits per heavy atom. The Labute approximate surface area is 101 Å². The maximum atomic E-state index is 9.75. The summed E-state index contributed by atoms with van der Waals surface area (Å²) in [6.45, 7) is 2.31. The Kier molecular flexibility index (Phi) is 4.69. The van der Waals surface area contributed by atoms with Crippen LogP contribution in [0.3, 0.4) is 0 Å². The van der Waals surface area contributed by atoms with Gasteiger partial charge in [0.2, 0.25) is 0 Å². The molecule has 1 heteroatoms. The van der Waals surface area contributed by atoms with Crippen molar-refractivity contribution in [1.29, 1.82) is 0 Å². The third-order valence-corrected chi connectivity index (χ3v) is 4.94. The lowest BCUT2D eigenvalue weighted by Crippen LogP contribution is -2.28. The largest absolute Gasteiger partial charge is 0.393 e. The summed E-state index contributed by atoms with van der Waals surface area (Å²) >= 11 is 0. The molecule has 2 aliphatic rings. The molecule has 0 saturated heterocycles. The van der Waals surface area contributed by atoms with Crippen molar-refractivity contribution in [2.24, 2.45) is 17.8 Å². The second-order valence-corrected chi connectivity index (χ2v) is 6.15. The summed E-state index contributed by atoms with van der Waals surface area (Å²) in [5.41, 5.74) is 0. The van der Waals surface area contributed by atoms with E-state index in [4.69, 9.17) is 0 Å². The second kappa shape index (κ2) is 6.05. The van der Waals surface area contributed by atoms with Crippen molar-refractivity contribution in [2.75, 3.05) is 0 Å². The molecule has 2 rings (SSSR count). The Balaban J connectivity index is 1.75. The van der Waals surface area contributed by atoms with Gasteiger partial charge in [-0.3, -0.25) is 0 Å². The fourth-order valence-corrected chi connectivity index (χ4v) is 3.99. The minimum absolute atomic E-state index is 0.0205. The number of hydrogen-bond acceptors (Lipinski definition) is 1. The monoisotopic (exact) mass is 224 g/mol. The highest BCUT2D eigenvalue weighted by Crippen LogP contribution is 2.40. The molecule has 16 heavy (non-hydrogen) atoms. The van der Waals surface area contributed by atoms with Crippen molar-refractivity contribution in [3.05, 3.63) is 0 Å². The molecule has 0 radical (unpaired) electrons. The van der Waals surface area contributed by atoms with Crippen LogP contribution in [0.1, 0.15) is 71.1 Å². The van der Waals surface area contributed by atoms with Gasteiger partial charge in [0.15, 0.2) is 0 Å². The van der Waals surface area contributed by atoms with E-state index >= 15 is 0 Å². The molecule has 2 saturated carbocycles. The van der Waals surface area contributed by atoms with E-state index in [0.29, 0.717) is 0 Å². The molecule has 0 aromatic carbocycles. The maximum absolute atomic E-state index is 9.75. The molecule has 1 N–H and O–H groups in total. The van der Waals surface area contributed by atoms with Crippen molar-refractivity contribution < 1.29 is 5.11 Å². The number of aliphatic hydroxyl groups excluding tert-OH is 1. The second-order valence-electron chi connectivity index (χ2n) is 6.15. The summed E-state index contributed by atoms with van der Waals surface area (Å²) in [6, 6.07) is 0. The lowest BCUT2D eigenvalue weighted by molar-refractivity contribution is 0.0641. The molecule has 94 valence electrons. The van der Waals surface area contributed by atoms with E-state index < -0.39 is 0 Å². The molecular weight excluding hydrogens is 196 g/mol. The predicted octanol–water partition coefficient (Wildman–Crippen LogP) is 4.14. The van der Waals surface area contributed by atoms with E-state index in [9.17, 15) is 5.11 Å². The zero-order valence-electron chi connectivity index (χ0n) is 10.8. The average molecular weight is 224 g/mol. The zero-order chi connectivity index (χ0) is 11.4. The molecule has 2 unspecified atom stereocenters. The molecule has 0 amide bonds.